The van der Waals surface area contributed by atoms with Gasteiger partial charge in [-0.05, 0) is 0 Å². The van der Waals surface area contributed by atoms with Crippen LogP contribution in [0.4, 0.5) is 0 Å². The minimum atomic E-state index is 0. The Morgan fingerprint density at radius 3 is 1.23 bits per heavy atom. The summed E-state index contributed by atoms with van der Waals surface area (Å²) in [7, 11) is 0. The van der Waals surface area contributed by atoms with Gasteiger partial charge in [0.15, 0.2) is 0 Å². The van der Waals surface area contributed by atoms with E-state index in [4.69, 9.17) is 0 Å². The molecule has 0 aromatic carbocycles. The van der Waals surface area contributed by atoms with Crippen molar-refractivity contribution >= 4 is 15.2 Å². The molecule has 0 aromatic heterocycles. The fraction of sp³-hybridized carbons (Fsp3) is 1.00. The van der Waals surface area contributed by atoms with Gasteiger partial charge in [0.1, 0.15) is 0 Å². The maximum absolute atomic E-state index is 2.30. The van der Waals surface area contributed by atoms with Crippen molar-refractivity contribution in [3.63, 3.8) is 0 Å². The first-order chi connectivity index (χ1) is 6.04. The van der Waals surface area contributed by atoms with Crippen molar-refractivity contribution in [2.75, 3.05) is 0 Å². The summed E-state index contributed by atoms with van der Waals surface area (Å²) in [5.41, 5.74) is 0. The van der Waals surface area contributed by atoms with Crippen molar-refractivity contribution in [1.29, 1.82) is 0 Å². The maximum Gasteiger partial charge on any atom is -1.00 e. The fourth-order valence-electron chi connectivity index (χ4n) is 1.27. The summed E-state index contributed by atoms with van der Waals surface area (Å²) in [4.78, 5) is 0. The van der Waals surface area contributed by atoms with Crippen molar-refractivity contribution in [3.05, 3.63) is 0 Å². The number of hydrogen-bond acceptors (Lipinski definition) is 0. The Morgan fingerprint density at radius 1 is 0.846 bits per heavy atom. The van der Waals surface area contributed by atoms with Crippen LogP contribution < -0.4 is 0 Å². The van der Waals surface area contributed by atoms with Crippen molar-refractivity contribution in [1.82, 2.24) is 0 Å². The predicted molar refractivity (Wildman–Crippen MR) is 66.9 cm³/mol. The van der Waals surface area contributed by atoms with Gasteiger partial charge in [0.2, 0.25) is 0 Å². The van der Waals surface area contributed by atoms with E-state index in [9.17, 15) is 0 Å². The zero-order valence-corrected chi connectivity index (χ0v) is 11.7. The molecule has 0 radical (unpaired) electrons. The van der Waals surface area contributed by atoms with Crippen LogP contribution in [0.1, 0.15) is 68.7 Å². The Balaban J connectivity index is -0.000000163. The van der Waals surface area contributed by atoms with E-state index in [0.29, 0.717) is 15.2 Å². The molecule has 0 unspecified atom stereocenters. The van der Waals surface area contributed by atoms with E-state index in [2.05, 4.69) is 41.5 Å². The monoisotopic (exact) mass is 200 g/mol. The molecule has 0 fully saturated rings. The van der Waals surface area contributed by atoms with Gasteiger partial charge < -0.3 is 1.43 Å². The van der Waals surface area contributed by atoms with Crippen LogP contribution in [-0.2, 0) is 0 Å². The van der Waals surface area contributed by atoms with Crippen molar-refractivity contribution in [3.8, 4) is 0 Å². The average molecular weight is 200 g/mol. The maximum atomic E-state index is 2.30. The molecule has 0 N–H and O–H groups in total. The summed E-state index contributed by atoms with van der Waals surface area (Å²) >= 11 is 0.713. The van der Waals surface area contributed by atoms with Gasteiger partial charge in [-0.3, -0.25) is 0 Å². The first kappa shape index (κ1) is 16.0. The molecule has 0 saturated heterocycles. The van der Waals surface area contributed by atoms with Gasteiger partial charge in [-0.1, -0.05) is 39.5 Å². The summed E-state index contributed by atoms with van der Waals surface area (Å²) in [6, 6.07) is 0. The SMILES string of the molecule is CCCCCC.C[CH](C)[Al+][CH](C)C.[H-]. The molecular formula is C12H29Al. The average Bonchev–Trinajstić information content (AvgIpc) is 1.99. The van der Waals surface area contributed by atoms with Gasteiger partial charge in [0.05, 0.1) is 0 Å². The van der Waals surface area contributed by atoms with Crippen LogP contribution in [0.25, 0.3) is 0 Å². The van der Waals surface area contributed by atoms with Gasteiger partial charge in [0.25, 0.3) is 0 Å². The van der Waals surface area contributed by atoms with Gasteiger partial charge in [-0.15, -0.1) is 0 Å². The second-order valence-electron chi connectivity index (χ2n) is 4.39. The smallest absolute Gasteiger partial charge is 1.00 e. The van der Waals surface area contributed by atoms with Crippen LogP contribution in [0, 0.1) is 0 Å². The predicted octanol–water partition coefficient (Wildman–Crippen LogP) is 5.05. The molecule has 0 aromatic rings. The van der Waals surface area contributed by atoms with E-state index in [-0.39, 0.29) is 1.43 Å². The third-order valence-electron chi connectivity index (χ3n) is 1.73. The van der Waals surface area contributed by atoms with E-state index >= 15 is 0 Å². The molecule has 0 nitrogen and oxygen atoms in total. The van der Waals surface area contributed by atoms with Crippen molar-refractivity contribution in [2.24, 2.45) is 0 Å². The Kier molecular flexibility index (Phi) is 15.4. The van der Waals surface area contributed by atoms with Crippen LogP contribution in [-0.4, -0.2) is 15.2 Å². The molecular weight excluding hydrogens is 171 g/mol. The Bertz CT molecular complexity index is 72.4. The Labute approximate surface area is 93.7 Å². The normalized spacial score (nSPS) is 9.54. The van der Waals surface area contributed by atoms with E-state index in [1.165, 1.54) is 25.7 Å². The third kappa shape index (κ3) is 24.5. The molecule has 13 heavy (non-hydrogen) atoms. The molecule has 1 heteroatoms. The molecule has 0 aliphatic carbocycles. The second-order valence-corrected chi connectivity index (χ2v) is 7.44. The summed E-state index contributed by atoms with van der Waals surface area (Å²) in [6.45, 7) is 13.7. The molecule has 0 amide bonds. The largest absolute Gasteiger partial charge is 1.00 e. The number of hydrogen-bond donors (Lipinski definition) is 0. The summed E-state index contributed by atoms with van der Waals surface area (Å²) in [6.07, 6.45) is 5.54. The molecule has 0 rings (SSSR count). The molecule has 0 aliphatic heterocycles. The zero-order valence-electron chi connectivity index (χ0n) is 11.6. The standard InChI is InChI=1S/C6H14.2C3H7.Al.H/c1-3-5-6-4-2;2*1-3-2;;/h3-6H2,1-2H3;2*3H,1-2H3;;/q;;;+1;-1. The molecule has 0 aliphatic rings. The van der Waals surface area contributed by atoms with Crippen LogP contribution in [0.2, 0.25) is 9.56 Å². The second kappa shape index (κ2) is 12.5. The van der Waals surface area contributed by atoms with Crippen molar-refractivity contribution in [2.45, 2.75) is 76.8 Å². The molecule has 0 heterocycles. The number of rotatable bonds is 5. The van der Waals surface area contributed by atoms with E-state index in [1.807, 2.05) is 0 Å². The van der Waals surface area contributed by atoms with Gasteiger partial charge in [-0.2, -0.15) is 0 Å². The van der Waals surface area contributed by atoms with Gasteiger partial charge >= 0.3 is 52.5 Å². The number of unbranched alkanes of at least 4 members (excludes halogenated alkanes) is 3. The van der Waals surface area contributed by atoms with Crippen molar-refractivity contribution < 1.29 is 1.43 Å². The summed E-state index contributed by atoms with van der Waals surface area (Å²) in [5.74, 6) is 0. The summed E-state index contributed by atoms with van der Waals surface area (Å²) < 4.78 is 1.92. The molecule has 0 saturated carbocycles. The molecule has 0 atom stereocenters. The Morgan fingerprint density at radius 2 is 1.15 bits per heavy atom. The topological polar surface area (TPSA) is 0 Å². The van der Waals surface area contributed by atoms with Gasteiger partial charge in [-0.25, -0.2) is 0 Å². The molecule has 80 valence electrons. The quantitative estimate of drug-likeness (QED) is 0.430. The van der Waals surface area contributed by atoms with E-state index in [1.54, 1.807) is 0 Å². The van der Waals surface area contributed by atoms with Crippen LogP contribution >= 0.6 is 0 Å². The van der Waals surface area contributed by atoms with Crippen LogP contribution in [0.5, 0.6) is 0 Å². The summed E-state index contributed by atoms with van der Waals surface area (Å²) in [5, 5.41) is 0. The van der Waals surface area contributed by atoms with E-state index in [0.717, 1.165) is 9.56 Å². The fourth-order valence-corrected chi connectivity index (χ4v) is 2.81. The minimum absolute atomic E-state index is 0. The minimum Gasteiger partial charge on any atom is -1.00 e. The first-order valence-corrected chi connectivity index (χ1v) is 7.22. The van der Waals surface area contributed by atoms with Crippen LogP contribution in [0.15, 0.2) is 0 Å². The third-order valence-corrected chi connectivity index (χ3v) is 3.27. The van der Waals surface area contributed by atoms with Crippen LogP contribution in [0.3, 0.4) is 0 Å². The molecule has 0 spiro atoms. The van der Waals surface area contributed by atoms with Gasteiger partial charge in [0, 0.05) is 0 Å². The Hall–Kier alpha value is 0.532. The first-order valence-electron chi connectivity index (χ1n) is 5.89. The molecule has 0 bridgehead atoms. The zero-order chi connectivity index (χ0) is 10.7. The van der Waals surface area contributed by atoms with E-state index < -0.39 is 0 Å².